The molecule has 1 amide bonds. The highest BCUT2D eigenvalue weighted by molar-refractivity contribution is 6.09. The third kappa shape index (κ3) is 2.36. The summed E-state index contributed by atoms with van der Waals surface area (Å²) in [5, 5.41) is 6.12. The van der Waals surface area contributed by atoms with Crippen LogP contribution in [-0.4, -0.2) is 13.0 Å². The minimum atomic E-state index is -0.164. The minimum Gasteiger partial charge on any atom is -0.497 e. The van der Waals surface area contributed by atoms with E-state index >= 15 is 0 Å². The fraction of sp³-hybridized carbons (Fsp3) is 0.0625. The van der Waals surface area contributed by atoms with Crippen molar-refractivity contribution in [3.8, 4) is 5.75 Å². The van der Waals surface area contributed by atoms with Crippen LogP contribution in [0.4, 0.5) is 11.4 Å². The molecule has 0 bridgehead atoms. The fourth-order valence-electron chi connectivity index (χ4n) is 2.12. The largest absolute Gasteiger partial charge is 0.497 e. The van der Waals surface area contributed by atoms with Gasteiger partial charge in [-0.25, -0.2) is 0 Å². The number of nitrogens with one attached hydrogen (secondary N) is 2. The topological polar surface area (TPSA) is 50.4 Å². The molecule has 0 aromatic heterocycles. The zero-order chi connectivity index (χ0) is 13.9. The molecule has 0 fully saturated rings. The Balaban J connectivity index is 2.01. The first-order valence-electron chi connectivity index (χ1n) is 6.29. The highest BCUT2D eigenvalue weighted by Crippen LogP contribution is 2.31. The van der Waals surface area contributed by atoms with Crippen LogP contribution in [0, 0.1) is 0 Å². The average Bonchev–Trinajstić information content (AvgIpc) is 2.65. The van der Waals surface area contributed by atoms with Gasteiger partial charge < -0.3 is 15.4 Å². The first kappa shape index (κ1) is 12.3. The highest BCUT2D eigenvalue weighted by Gasteiger charge is 2.14. The molecule has 0 radical (unpaired) electrons. The van der Waals surface area contributed by atoms with E-state index in [-0.39, 0.29) is 5.91 Å². The van der Waals surface area contributed by atoms with Crippen LogP contribution in [0.3, 0.4) is 0 Å². The van der Waals surface area contributed by atoms with E-state index < -0.39 is 0 Å². The molecular weight excluding hydrogens is 252 g/mol. The third-order valence-electron chi connectivity index (χ3n) is 3.11. The third-order valence-corrected chi connectivity index (χ3v) is 3.11. The number of methoxy groups -OCH3 is 1. The Labute approximate surface area is 117 Å². The number of anilines is 2. The van der Waals surface area contributed by atoms with Gasteiger partial charge in [-0.2, -0.15) is 0 Å². The van der Waals surface area contributed by atoms with Gasteiger partial charge in [0, 0.05) is 12.1 Å². The van der Waals surface area contributed by atoms with Gasteiger partial charge in [0.25, 0.3) is 5.91 Å². The first-order chi connectivity index (χ1) is 9.76. The standard InChI is InChI=1S/C16H14N2O2/c1-20-12-7-8-13-15(9-12)18-16(19)10-14(17-13)11-5-3-2-4-6-11/h2-10,17H,1H3,(H,18,19). The summed E-state index contributed by atoms with van der Waals surface area (Å²) in [7, 11) is 1.60. The van der Waals surface area contributed by atoms with Gasteiger partial charge in [0.05, 0.1) is 24.2 Å². The molecule has 2 N–H and O–H groups in total. The molecule has 1 aliphatic heterocycles. The Morgan fingerprint density at radius 1 is 0.950 bits per heavy atom. The van der Waals surface area contributed by atoms with Crippen molar-refractivity contribution in [2.45, 2.75) is 0 Å². The maximum absolute atomic E-state index is 12.0. The summed E-state index contributed by atoms with van der Waals surface area (Å²) in [5.41, 5.74) is 3.28. The van der Waals surface area contributed by atoms with Crippen molar-refractivity contribution < 1.29 is 9.53 Å². The van der Waals surface area contributed by atoms with E-state index in [1.54, 1.807) is 19.3 Å². The molecule has 100 valence electrons. The Hall–Kier alpha value is -2.75. The summed E-state index contributed by atoms with van der Waals surface area (Å²) in [5.74, 6) is 0.539. The van der Waals surface area contributed by atoms with E-state index in [2.05, 4.69) is 10.6 Å². The molecular formula is C16H14N2O2. The van der Waals surface area contributed by atoms with Crippen LogP contribution in [-0.2, 0) is 4.79 Å². The number of fused-ring (bicyclic) bond motifs is 1. The summed E-state index contributed by atoms with van der Waals surface area (Å²) >= 11 is 0. The van der Waals surface area contributed by atoms with Gasteiger partial charge in [-0.15, -0.1) is 0 Å². The molecule has 3 rings (SSSR count). The predicted octanol–water partition coefficient (Wildman–Crippen LogP) is 3.10. The van der Waals surface area contributed by atoms with Crippen molar-refractivity contribution in [3.63, 3.8) is 0 Å². The smallest absolute Gasteiger partial charge is 0.250 e. The summed E-state index contributed by atoms with van der Waals surface area (Å²) in [6.45, 7) is 0. The van der Waals surface area contributed by atoms with Crippen LogP contribution in [0.15, 0.2) is 54.6 Å². The number of hydrogen-bond acceptors (Lipinski definition) is 3. The Morgan fingerprint density at radius 2 is 1.75 bits per heavy atom. The van der Waals surface area contributed by atoms with Crippen molar-refractivity contribution in [1.82, 2.24) is 0 Å². The van der Waals surface area contributed by atoms with E-state index in [0.717, 1.165) is 16.9 Å². The second-order valence-corrected chi connectivity index (χ2v) is 4.45. The molecule has 4 heteroatoms. The second kappa shape index (κ2) is 5.09. The molecule has 0 aliphatic carbocycles. The number of benzene rings is 2. The Kier molecular flexibility index (Phi) is 3.13. The SMILES string of the molecule is COc1ccc2c(c1)NC(=O)C=C(c1ccccc1)N2. The van der Waals surface area contributed by atoms with Crippen molar-refractivity contribution in [2.75, 3.05) is 17.7 Å². The maximum Gasteiger partial charge on any atom is 0.250 e. The molecule has 0 saturated heterocycles. The van der Waals surface area contributed by atoms with Crippen molar-refractivity contribution in [3.05, 3.63) is 60.2 Å². The molecule has 1 aliphatic rings. The molecule has 0 unspecified atom stereocenters. The van der Waals surface area contributed by atoms with E-state index in [1.807, 2.05) is 42.5 Å². The van der Waals surface area contributed by atoms with Gasteiger partial charge in [0.2, 0.25) is 0 Å². The molecule has 1 heterocycles. The fourth-order valence-corrected chi connectivity index (χ4v) is 2.12. The summed E-state index contributed by atoms with van der Waals surface area (Å²) in [6.07, 6.45) is 1.56. The molecule has 20 heavy (non-hydrogen) atoms. The number of ether oxygens (including phenoxy) is 1. The number of hydrogen-bond donors (Lipinski definition) is 2. The van der Waals surface area contributed by atoms with Crippen LogP contribution in [0.25, 0.3) is 5.70 Å². The van der Waals surface area contributed by atoms with Crippen LogP contribution in [0.1, 0.15) is 5.56 Å². The van der Waals surface area contributed by atoms with Gasteiger partial charge in [-0.3, -0.25) is 4.79 Å². The Bertz CT molecular complexity index is 678. The number of amides is 1. The Morgan fingerprint density at radius 3 is 2.50 bits per heavy atom. The molecule has 2 aromatic carbocycles. The minimum absolute atomic E-state index is 0.164. The van der Waals surface area contributed by atoms with Crippen LogP contribution < -0.4 is 15.4 Å². The lowest BCUT2D eigenvalue weighted by Crippen LogP contribution is -2.07. The molecule has 0 atom stereocenters. The molecule has 0 saturated carbocycles. The van der Waals surface area contributed by atoms with E-state index in [9.17, 15) is 4.79 Å². The lowest BCUT2D eigenvalue weighted by Gasteiger charge is -2.12. The van der Waals surface area contributed by atoms with E-state index in [1.165, 1.54) is 0 Å². The summed E-state index contributed by atoms with van der Waals surface area (Å²) < 4.78 is 5.17. The van der Waals surface area contributed by atoms with Crippen LogP contribution >= 0.6 is 0 Å². The maximum atomic E-state index is 12.0. The number of carbonyl (C=O) groups excluding carboxylic acids is 1. The quantitative estimate of drug-likeness (QED) is 0.878. The van der Waals surface area contributed by atoms with E-state index in [4.69, 9.17) is 4.74 Å². The number of rotatable bonds is 2. The van der Waals surface area contributed by atoms with Gasteiger partial charge in [-0.05, 0) is 17.7 Å². The lowest BCUT2D eigenvalue weighted by molar-refractivity contribution is -0.111. The van der Waals surface area contributed by atoms with Gasteiger partial charge >= 0.3 is 0 Å². The van der Waals surface area contributed by atoms with Crippen molar-refractivity contribution in [1.29, 1.82) is 0 Å². The lowest BCUT2D eigenvalue weighted by atomic mass is 10.1. The number of carbonyl (C=O) groups is 1. The predicted molar refractivity (Wildman–Crippen MR) is 79.7 cm³/mol. The summed E-state index contributed by atoms with van der Waals surface area (Å²) in [4.78, 5) is 12.0. The normalized spacial score (nSPS) is 13.4. The van der Waals surface area contributed by atoms with Gasteiger partial charge in [0.1, 0.15) is 5.75 Å². The monoisotopic (exact) mass is 266 g/mol. The van der Waals surface area contributed by atoms with Crippen molar-refractivity contribution in [2.24, 2.45) is 0 Å². The van der Waals surface area contributed by atoms with Crippen molar-refractivity contribution >= 4 is 23.0 Å². The molecule has 4 nitrogen and oxygen atoms in total. The van der Waals surface area contributed by atoms with E-state index in [0.29, 0.717) is 11.4 Å². The van der Waals surface area contributed by atoms with Gasteiger partial charge in [0.15, 0.2) is 0 Å². The highest BCUT2D eigenvalue weighted by atomic mass is 16.5. The molecule has 0 spiro atoms. The zero-order valence-electron chi connectivity index (χ0n) is 11.0. The summed E-state index contributed by atoms with van der Waals surface area (Å²) in [6, 6.07) is 15.3. The molecule has 2 aromatic rings. The van der Waals surface area contributed by atoms with Gasteiger partial charge in [-0.1, -0.05) is 30.3 Å². The first-order valence-corrected chi connectivity index (χ1v) is 6.29. The van der Waals surface area contributed by atoms with Crippen LogP contribution in [0.2, 0.25) is 0 Å². The average molecular weight is 266 g/mol. The van der Waals surface area contributed by atoms with Crippen LogP contribution in [0.5, 0.6) is 5.75 Å². The zero-order valence-corrected chi connectivity index (χ0v) is 11.0. The second-order valence-electron chi connectivity index (χ2n) is 4.45.